The van der Waals surface area contributed by atoms with Gasteiger partial charge < -0.3 is 10.2 Å². The number of hydrogen-bond acceptors (Lipinski definition) is 3. The fraction of sp³-hybridized carbons (Fsp3) is 0.667. The van der Waals surface area contributed by atoms with E-state index in [0.717, 1.165) is 0 Å². The van der Waals surface area contributed by atoms with Gasteiger partial charge in [0, 0.05) is 0 Å². The average Bonchev–Trinajstić information content (AvgIpc) is 1.65. The van der Waals surface area contributed by atoms with E-state index in [2.05, 4.69) is 12.6 Å². The van der Waals surface area contributed by atoms with Crippen LogP contribution in [0.5, 0.6) is 0 Å². The molecule has 0 aromatic rings. The Labute approximate surface area is 70.6 Å². The Bertz CT molecular complexity index is 32.1. The SMILES string of the molecule is O[CH-]C(O)CS.[Na+]. The van der Waals surface area contributed by atoms with Gasteiger partial charge in [0.25, 0.3) is 0 Å². The molecule has 0 heterocycles. The molecule has 0 saturated carbocycles. The normalized spacial score (nSPS) is 12.4. The third-order valence-corrected chi connectivity index (χ3v) is 0.733. The van der Waals surface area contributed by atoms with Gasteiger partial charge in [0.15, 0.2) is 0 Å². The van der Waals surface area contributed by atoms with Gasteiger partial charge in [-0.15, -0.1) is 0 Å². The topological polar surface area (TPSA) is 40.5 Å². The molecule has 0 rings (SSSR count). The van der Waals surface area contributed by atoms with Crippen molar-refractivity contribution in [3.05, 3.63) is 6.61 Å². The van der Waals surface area contributed by atoms with Gasteiger partial charge in [-0.25, -0.2) is 0 Å². The molecular weight excluding hydrogens is 123 g/mol. The van der Waals surface area contributed by atoms with Crippen molar-refractivity contribution in [1.82, 2.24) is 0 Å². The zero-order chi connectivity index (χ0) is 4.99. The molecule has 2 nitrogen and oxygen atoms in total. The summed E-state index contributed by atoms with van der Waals surface area (Å²) in [6.07, 6.45) is -0.770. The van der Waals surface area contributed by atoms with Crippen LogP contribution in [0.15, 0.2) is 0 Å². The molecule has 0 aliphatic heterocycles. The standard InChI is InChI=1S/C3H7O2S.Na/c4-1-3(5)2-6;/h1,3-6H,2H2;/q-1;+1. The van der Waals surface area contributed by atoms with Crippen LogP contribution in [-0.4, -0.2) is 22.1 Å². The molecule has 0 saturated heterocycles. The molecule has 0 fully saturated rings. The van der Waals surface area contributed by atoms with E-state index in [-0.39, 0.29) is 35.3 Å². The Kier molecular flexibility index (Phi) is 11.5. The molecule has 7 heavy (non-hydrogen) atoms. The smallest absolute Gasteiger partial charge is 0.563 e. The molecule has 0 amide bonds. The van der Waals surface area contributed by atoms with Gasteiger partial charge in [-0.3, -0.25) is 0 Å². The van der Waals surface area contributed by atoms with Crippen LogP contribution in [0.3, 0.4) is 0 Å². The van der Waals surface area contributed by atoms with Gasteiger partial charge >= 0.3 is 29.6 Å². The number of hydrogen-bond donors (Lipinski definition) is 3. The Morgan fingerprint density at radius 3 is 2.14 bits per heavy atom. The van der Waals surface area contributed by atoms with Crippen molar-refractivity contribution in [1.29, 1.82) is 0 Å². The number of aliphatic hydroxyl groups excluding tert-OH is 2. The summed E-state index contributed by atoms with van der Waals surface area (Å²) >= 11 is 3.65. The Morgan fingerprint density at radius 1 is 1.71 bits per heavy atom. The van der Waals surface area contributed by atoms with Gasteiger partial charge in [-0.2, -0.15) is 19.2 Å². The number of rotatable bonds is 2. The molecule has 1 atom stereocenters. The second kappa shape index (κ2) is 7.27. The first-order chi connectivity index (χ1) is 2.81. The summed E-state index contributed by atoms with van der Waals surface area (Å²) in [6, 6.07) is 0. The van der Waals surface area contributed by atoms with Crippen LogP contribution >= 0.6 is 12.6 Å². The molecule has 0 radical (unpaired) electrons. The molecule has 0 aliphatic rings. The molecule has 0 spiro atoms. The van der Waals surface area contributed by atoms with Crippen molar-refractivity contribution in [3.8, 4) is 0 Å². The minimum absolute atomic E-state index is 0. The zero-order valence-corrected chi connectivity index (χ0v) is 7.10. The van der Waals surface area contributed by atoms with E-state index in [1.54, 1.807) is 0 Å². The molecule has 0 bridgehead atoms. The van der Waals surface area contributed by atoms with Gasteiger partial charge in [0.2, 0.25) is 0 Å². The quantitative estimate of drug-likeness (QED) is 0.209. The Hall–Kier alpha value is 1.27. The second-order valence-electron chi connectivity index (χ2n) is 0.899. The zero-order valence-electron chi connectivity index (χ0n) is 4.20. The summed E-state index contributed by atoms with van der Waals surface area (Å²) in [7, 11) is 0. The molecule has 0 aliphatic carbocycles. The molecule has 0 aromatic heterocycles. The van der Waals surface area contributed by atoms with Crippen LogP contribution in [-0.2, 0) is 0 Å². The first-order valence-corrected chi connectivity index (χ1v) is 2.21. The minimum atomic E-state index is -0.770. The summed E-state index contributed by atoms with van der Waals surface area (Å²) in [6.45, 7) is 0.701. The van der Waals surface area contributed by atoms with Crippen molar-refractivity contribution < 1.29 is 39.8 Å². The van der Waals surface area contributed by atoms with E-state index in [9.17, 15) is 0 Å². The molecule has 38 valence electrons. The maximum atomic E-state index is 8.28. The van der Waals surface area contributed by atoms with Crippen LogP contribution in [0.2, 0.25) is 0 Å². The van der Waals surface area contributed by atoms with E-state index in [1.165, 1.54) is 0 Å². The minimum Gasteiger partial charge on any atom is -0.563 e. The third kappa shape index (κ3) is 7.27. The van der Waals surface area contributed by atoms with Crippen molar-refractivity contribution in [2.45, 2.75) is 6.10 Å². The predicted molar refractivity (Wildman–Crippen MR) is 26.1 cm³/mol. The van der Waals surface area contributed by atoms with Crippen LogP contribution in [0.25, 0.3) is 0 Å². The summed E-state index contributed by atoms with van der Waals surface area (Å²) in [4.78, 5) is 0. The van der Waals surface area contributed by atoms with Gasteiger partial charge in [0.05, 0.1) is 0 Å². The van der Waals surface area contributed by atoms with Gasteiger partial charge in [-0.05, 0) is 11.9 Å². The van der Waals surface area contributed by atoms with Gasteiger partial charge in [0.1, 0.15) is 0 Å². The van der Waals surface area contributed by atoms with E-state index in [0.29, 0.717) is 6.61 Å². The monoisotopic (exact) mass is 130 g/mol. The van der Waals surface area contributed by atoms with Crippen molar-refractivity contribution >= 4 is 12.6 Å². The fourth-order valence-electron chi connectivity index (χ4n) is 0.0471. The van der Waals surface area contributed by atoms with Crippen molar-refractivity contribution in [2.75, 3.05) is 5.75 Å². The fourth-order valence-corrected chi connectivity index (χ4v) is 0.141. The van der Waals surface area contributed by atoms with E-state index < -0.39 is 6.10 Å². The van der Waals surface area contributed by atoms with Crippen molar-refractivity contribution in [3.63, 3.8) is 0 Å². The van der Waals surface area contributed by atoms with Crippen LogP contribution in [0.1, 0.15) is 0 Å². The molecule has 1 unspecified atom stereocenters. The first kappa shape index (κ1) is 11.1. The number of thiol groups is 1. The maximum Gasteiger partial charge on any atom is 1.00 e. The largest absolute Gasteiger partial charge is 1.00 e. The molecule has 4 heteroatoms. The third-order valence-electron chi connectivity index (χ3n) is 0.359. The van der Waals surface area contributed by atoms with Gasteiger partial charge in [-0.1, -0.05) is 0 Å². The van der Waals surface area contributed by atoms with E-state index in [4.69, 9.17) is 10.2 Å². The van der Waals surface area contributed by atoms with Crippen LogP contribution in [0, 0.1) is 6.61 Å². The van der Waals surface area contributed by atoms with Crippen LogP contribution < -0.4 is 29.6 Å². The number of aliphatic hydroxyl groups is 2. The Morgan fingerprint density at radius 2 is 2.14 bits per heavy atom. The van der Waals surface area contributed by atoms with Crippen LogP contribution in [0.4, 0.5) is 0 Å². The summed E-state index contributed by atoms with van der Waals surface area (Å²) in [5.74, 6) is 0.274. The Balaban J connectivity index is 0. The summed E-state index contributed by atoms with van der Waals surface area (Å²) in [5.41, 5.74) is 0. The summed E-state index contributed by atoms with van der Waals surface area (Å²) < 4.78 is 0. The second-order valence-corrected chi connectivity index (χ2v) is 1.26. The maximum absolute atomic E-state index is 8.28. The predicted octanol–water partition coefficient (Wildman–Crippen LogP) is -3.18. The summed E-state index contributed by atoms with van der Waals surface area (Å²) in [5, 5.41) is 16.2. The first-order valence-electron chi connectivity index (χ1n) is 1.57. The van der Waals surface area contributed by atoms with E-state index in [1.807, 2.05) is 0 Å². The molecule has 0 aromatic carbocycles. The molecular formula is C3H7NaO2S. The van der Waals surface area contributed by atoms with E-state index >= 15 is 0 Å². The van der Waals surface area contributed by atoms with Crippen molar-refractivity contribution in [2.24, 2.45) is 0 Å². The molecule has 2 N–H and O–H groups in total. The average molecular weight is 130 g/mol.